The number of ether oxygens (including phenoxy) is 2. The predicted molar refractivity (Wildman–Crippen MR) is 116 cm³/mol. The number of para-hydroxylation sites is 2. The Kier molecular flexibility index (Phi) is 6.82. The number of esters is 1. The van der Waals surface area contributed by atoms with Gasteiger partial charge in [0.25, 0.3) is 0 Å². The molecule has 1 fully saturated rings. The Morgan fingerprint density at radius 1 is 1.20 bits per heavy atom. The Morgan fingerprint density at radius 2 is 1.87 bits per heavy atom. The first-order valence-corrected chi connectivity index (χ1v) is 10.5. The van der Waals surface area contributed by atoms with Crippen molar-refractivity contribution in [3.63, 3.8) is 0 Å². The molecular formula is C23H32N3O4+. The van der Waals surface area contributed by atoms with Crippen LogP contribution in [0.3, 0.4) is 0 Å². The molecule has 7 heteroatoms. The molecule has 0 radical (unpaired) electrons. The van der Waals surface area contributed by atoms with E-state index in [-0.39, 0.29) is 11.8 Å². The zero-order chi connectivity index (χ0) is 21.8. The van der Waals surface area contributed by atoms with Gasteiger partial charge in [0.15, 0.2) is 6.04 Å². The lowest BCUT2D eigenvalue weighted by molar-refractivity contribution is -0.914. The van der Waals surface area contributed by atoms with Crippen molar-refractivity contribution in [3.8, 4) is 5.75 Å². The van der Waals surface area contributed by atoms with Crippen LogP contribution in [-0.2, 0) is 4.74 Å². The molecule has 7 nitrogen and oxygen atoms in total. The average molecular weight is 415 g/mol. The van der Waals surface area contributed by atoms with Crippen molar-refractivity contribution < 1.29 is 24.0 Å². The molecule has 0 aliphatic carbocycles. The fourth-order valence-corrected chi connectivity index (χ4v) is 4.27. The Morgan fingerprint density at radius 3 is 2.50 bits per heavy atom. The lowest BCUT2D eigenvalue weighted by Crippen LogP contribution is -3.18. The van der Waals surface area contributed by atoms with E-state index in [2.05, 4.69) is 16.0 Å². The van der Waals surface area contributed by atoms with Crippen molar-refractivity contribution in [2.45, 2.75) is 33.7 Å². The van der Waals surface area contributed by atoms with Crippen LogP contribution in [-0.4, -0.2) is 62.7 Å². The van der Waals surface area contributed by atoms with Crippen LogP contribution in [0.25, 0.3) is 0 Å². The first kappa shape index (κ1) is 21.9. The van der Waals surface area contributed by atoms with E-state index in [1.54, 1.807) is 13.8 Å². The highest BCUT2D eigenvalue weighted by Crippen LogP contribution is 2.28. The van der Waals surface area contributed by atoms with Crippen LogP contribution in [0.4, 0.5) is 5.69 Å². The number of methoxy groups -OCH3 is 1. The summed E-state index contributed by atoms with van der Waals surface area (Å²) < 4.78 is 10.6. The second-order valence-corrected chi connectivity index (χ2v) is 7.75. The molecule has 1 aromatic heterocycles. The van der Waals surface area contributed by atoms with Gasteiger partial charge in [-0.05, 0) is 45.4 Å². The van der Waals surface area contributed by atoms with Crippen molar-refractivity contribution in [2.24, 2.45) is 0 Å². The first-order chi connectivity index (χ1) is 14.4. The molecule has 0 spiro atoms. The van der Waals surface area contributed by atoms with Crippen LogP contribution < -0.4 is 14.5 Å². The number of benzene rings is 1. The third-order valence-electron chi connectivity index (χ3n) is 5.99. The maximum atomic E-state index is 13.2. The fourth-order valence-electron chi connectivity index (χ4n) is 4.27. The monoisotopic (exact) mass is 414 g/mol. The summed E-state index contributed by atoms with van der Waals surface area (Å²) >= 11 is 0. The Labute approximate surface area is 178 Å². The minimum absolute atomic E-state index is 0.0314. The Bertz CT molecular complexity index is 913. The van der Waals surface area contributed by atoms with Crippen molar-refractivity contribution in [1.29, 1.82) is 0 Å². The normalized spacial score (nSPS) is 15.7. The van der Waals surface area contributed by atoms with E-state index in [0.717, 1.165) is 37.6 Å². The van der Waals surface area contributed by atoms with Crippen LogP contribution in [0, 0.1) is 13.8 Å². The highest BCUT2D eigenvalue weighted by atomic mass is 16.5. The molecule has 2 aromatic rings. The molecule has 0 saturated carbocycles. The number of aromatic amines is 1. The van der Waals surface area contributed by atoms with Gasteiger partial charge in [0.05, 0.1) is 56.8 Å². The first-order valence-electron chi connectivity index (χ1n) is 10.5. The van der Waals surface area contributed by atoms with Gasteiger partial charge in [-0.2, -0.15) is 0 Å². The highest BCUT2D eigenvalue weighted by molar-refractivity contribution is 6.03. The number of carbonyl (C=O) groups is 2. The van der Waals surface area contributed by atoms with Gasteiger partial charge in [-0.1, -0.05) is 12.1 Å². The molecule has 1 aliphatic rings. The van der Waals surface area contributed by atoms with Crippen LogP contribution in [0.15, 0.2) is 24.3 Å². The van der Waals surface area contributed by atoms with Gasteiger partial charge >= 0.3 is 5.97 Å². The summed E-state index contributed by atoms with van der Waals surface area (Å²) in [6.07, 6.45) is 0. The van der Waals surface area contributed by atoms with Crippen molar-refractivity contribution in [1.82, 2.24) is 4.98 Å². The van der Waals surface area contributed by atoms with Gasteiger partial charge in [0.2, 0.25) is 5.78 Å². The number of carbonyl (C=O) groups excluding carboxylic acids is 2. The molecule has 3 rings (SSSR count). The number of H-pyrrole nitrogens is 1. The number of ketones is 1. The number of piperazine rings is 1. The van der Waals surface area contributed by atoms with Crippen LogP contribution in [0.1, 0.15) is 46.0 Å². The topological polar surface area (TPSA) is 76.1 Å². The van der Waals surface area contributed by atoms with Gasteiger partial charge in [-0.25, -0.2) is 4.79 Å². The summed E-state index contributed by atoms with van der Waals surface area (Å²) in [6.45, 7) is 11.6. The number of nitrogens with zero attached hydrogens (tertiary/aromatic N) is 1. The number of anilines is 1. The Balaban J connectivity index is 1.69. The summed E-state index contributed by atoms with van der Waals surface area (Å²) in [7, 11) is 1.35. The molecule has 1 aliphatic heterocycles. The standard InChI is InChI=1S/C23H31N3O4/c1-6-30-19-10-8-7-9-18(19)26-13-11-25(12-14-26)17(4)22(27)21-15(2)20(16(3)24-21)23(28)29-5/h7-10,17,24H,6,11-14H2,1-5H3/p+1/t17-/m1/s1. The lowest BCUT2D eigenvalue weighted by Gasteiger charge is -2.36. The summed E-state index contributed by atoms with van der Waals surface area (Å²) in [6, 6.07) is 7.90. The van der Waals surface area contributed by atoms with Crippen molar-refractivity contribution in [2.75, 3.05) is 44.8 Å². The number of rotatable bonds is 7. The minimum atomic E-state index is -0.415. The maximum absolute atomic E-state index is 13.2. The molecule has 2 N–H and O–H groups in total. The van der Waals surface area contributed by atoms with Gasteiger partial charge in [-0.15, -0.1) is 0 Å². The SMILES string of the molecule is CCOc1ccccc1N1CC[NH+]([C@H](C)C(=O)c2[nH]c(C)c(C(=O)OC)c2C)CC1. The van der Waals surface area contributed by atoms with Crippen LogP contribution in [0.2, 0.25) is 0 Å². The molecule has 0 bridgehead atoms. The largest absolute Gasteiger partial charge is 0.492 e. The second-order valence-electron chi connectivity index (χ2n) is 7.75. The number of aryl methyl sites for hydroxylation is 1. The van der Waals surface area contributed by atoms with Gasteiger partial charge < -0.3 is 24.3 Å². The summed E-state index contributed by atoms with van der Waals surface area (Å²) in [5, 5.41) is 0. The summed E-state index contributed by atoms with van der Waals surface area (Å²) in [5.74, 6) is 0.520. The second kappa shape index (κ2) is 9.34. The minimum Gasteiger partial charge on any atom is -0.492 e. The molecule has 1 saturated heterocycles. The fraction of sp³-hybridized carbons (Fsp3) is 0.478. The highest BCUT2D eigenvalue weighted by Gasteiger charge is 2.33. The zero-order valence-electron chi connectivity index (χ0n) is 18.5. The van der Waals surface area contributed by atoms with E-state index < -0.39 is 5.97 Å². The number of quaternary nitrogens is 1. The molecular weight excluding hydrogens is 382 g/mol. The number of hydrogen-bond acceptors (Lipinski definition) is 5. The van der Waals surface area contributed by atoms with E-state index in [1.807, 2.05) is 32.0 Å². The molecule has 2 heterocycles. The quantitative estimate of drug-likeness (QED) is 0.534. The zero-order valence-corrected chi connectivity index (χ0v) is 18.5. The third kappa shape index (κ3) is 4.21. The predicted octanol–water partition coefficient (Wildman–Crippen LogP) is 1.79. The van der Waals surface area contributed by atoms with Crippen molar-refractivity contribution in [3.05, 3.63) is 46.8 Å². The third-order valence-corrected chi connectivity index (χ3v) is 5.99. The van der Waals surface area contributed by atoms with Crippen LogP contribution in [0.5, 0.6) is 5.75 Å². The smallest absolute Gasteiger partial charge is 0.339 e. The van der Waals surface area contributed by atoms with E-state index in [0.29, 0.717) is 29.1 Å². The molecule has 1 aromatic carbocycles. The molecule has 30 heavy (non-hydrogen) atoms. The lowest BCUT2D eigenvalue weighted by atomic mass is 10.0. The summed E-state index contributed by atoms with van der Waals surface area (Å²) in [5.41, 5.74) is 3.41. The van der Waals surface area contributed by atoms with Gasteiger partial charge in [0, 0.05) is 5.69 Å². The van der Waals surface area contributed by atoms with Crippen molar-refractivity contribution >= 4 is 17.4 Å². The van der Waals surface area contributed by atoms with Crippen LogP contribution >= 0.6 is 0 Å². The number of hydrogen-bond donors (Lipinski definition) is 2. The summed E-state index contributed by atoms with van der Waals surface area (Å²) in [4.78, 5) is 31.9. The van der Waals surface area contributed by atoms with E-state index in [4.69, 9.17) is 9.47 Å². The van der Waals surface area contributed by atoms with E-state index in [1.165, 1.54) is 12.0 Å². The van der Waals surface area contributed by atoms with Gasteiger partial charge in [0.1, 0.15) is 5.75 Å². The molecule has 1 atom stereocenters. The average Bonchev–Trinajstić information content (AvgIpc) is 3.07. The van der Waals surface area contributed by atoms with E-state index >= 15 is 0 Å². The number of nitrogens with one attached hydrogen (secondary N) is 2. The maximum Gasteiger partial charge on any atom is 0.339 e. The molecule has 0 unspecified atom stereocenters. The molecule has 0 amide bonds. The van der Waals surface area contributed by atoms with Gasteiger partial charge in [-0.3, -0.25) is 4.79 Å². The number of Topliss-reactive ketones (excluding diaryl/α,β-unsaturated/α-hetero) is 1. The van der Waals surface area contributed by atoms with E-state index in [9.17, 15) is 9.59 Å². The Hall–Kier alpha value is -2.80. The molecule has 162 valence electrons. The number of aromatic nitrogens is 1.